The molecule has 2 aliphatic rings. The summed E-state index contributed by atoms with van der Waals surface area (Å²) in [6.07, 6.45) is 7.59. The zero-order valence-corrected chi connectivity index (χ0v) is 11.6. The molecule has 0 amide bonds. The van der Waals surface area contributed by atoms with Crippen LogP contribution in [0.2, 0.25) is 0 Å². The molecule has 1 saturated heterocycles. The lowest BCUT2D eigenvalue weighted by atomic mass is 9.85. The van der Waals surface area contributed by atoms with E-state index in [1.807, 2.05) is 6.07 Å². The van der Waals surface area contributed by atoms with Crippen LogP contribution in [0.25, 0.3) is 0 Å². The van der Waals surface area contributed by atoms with Crippen LogP contribution in [0, 0.1) is 5.92 Å². The van der Waals surface area contributed by atoms with Crippen molar-refractivity contribution in [3.8, 4) is 0 Å². The Bertz CT molecular complexity index is 425. The predicted octanol–water partition coefficient (Wildman–Crippen LogP) is 2.09. The third-order valence-electron chi connectivity index (χ3n) is 4.53. The van der Waals surface area contributed by atoms with Crippen LogP contribution in [0.1, 0.15) is 44.9 Å². The SMILES string of the molecule is CCc1nc(NN)cc(N2CCC3CCCCC32)n1. The molecule has 5 heteroatoms. The molecule has 1 aromatic rings. The van der Waals surface area contributed by atoms with Crippen LogP contribution in [-0.2, 0) is 6.42 Å². The quantitative estimate of drug-likeness (QED) is 0.644. The Hall–Kier alpha value is -1.36. The number of aryl methyl sites for hydroxylation is 1. The first-order valence-corrected chi connectivity index (χ1v) is 7.43. The molecule has 1 aromatic heterocycles. The Kier molecular flexibility index (Phi) is 3.55. The number of hydrazine groups is 1. The first kappa shape index (κ1) is 12.7. The number of hydrogen-bond acceptors (Lipinski definition) is 5. The molecule has 5 nitrogen and oxygen atoms in total. The molecule has 0 bridgehead atoms. The highest BCUT2D eigenvalue weighted by Crippen LogP contribution is 2.38. The number of nitrogens with two attached hydrogens (primary N) is 1. The summed E-state index contributed by atoms with van der Waals surface area (Å²) in [5.74, 6) is 9.02. The van der Waals surface area contributed by atoms with E-state index in [1.54, 1.807) is 0 Å². The standard InChI is InChI=1S/C14H23N5/c1-2-12-16-13(18-15)9-14(17-12)19-8-7-10-5-3-4-6-11(10)19/h9-11H,2-8,15H2,1H3,(H,16,17,18). The summed E-state index contributed by atoms with van der Waals surface area (Å²) >= 11 is 0. The van der Waals surface area contributed by atoms with E-state index < -0.39 is 0 Å². The number of rotatable bonds is 3. The maximum atomic E-state index is 5.51. The molecule has 3 rings (SSSR count). The summed E-state index contributed by atoms with van der Waals surface area (Å²) in [5, 5.41) is 0. The molecule has 0 spiro atoms. The Balaban J connectivity index is 1.88. The number of aromatic nitrogens is 2. The molecule has 3 N–H and O–H groups in total. The highest BCUT2D eigenvalue weighted by molar-refractivity contribution is 5.50. The maximum Gasteiger partial charge on any atom is 0.145 e. The number of anilines is 2. The van der Waals surface area contributed by atoms with Crippen molar-refractivity contribution in [3.63, 3.8) is 0 Å². The van der Waals surface area contributed by atoms with Gasteiger partial charge < -0.3 is 10.3 Å². The monoisotopic (exact) mass is 261 g/mol. The summed E-state index contributed by atoms with van der Waals surface area (Å²) in [4.78, 5) is 11.5. The van der Waals surface area contributed by atoms with Crippen LogP contribution < -0.4 is 16.2 Å². The lowest BCUT2D eigenvalue weighted by molar-refractivity contribution is 0.341. The van der Waals surface area contributed by atoms with Gasteiger partial charge >= 0.3 is 0 Å². The second kappa shape index (κ2) is 5.33. The van der Waals surface area contributed by atoms with Gasteiger partial charge in [0.15, 0.2) is 0 Å². The molecule has 0 aromatic carbocycles. The molecule has 2 unspecified atom stereocenters. The van der Waals surface area contributed by atoms with Gasteiger partial charge in [0, 0.05) is 25.1 Å². The Labute approximate surface area is 114 Å². The summed E-state index contributed by atoms with van der Waals surface area (Å²) in [6.45, 7) is 3.20. The van der Waals surface area contributed by atoms with Crippen molar-refractivity contribution in [2.45, 2.75) is 51.5 Å². The molecule has 19 heavy (non-hydrogen) atoms. The van der Waals surface area contributed by atoms with Gasteiger partial charge in [0.1, 0.15) is 17.5 Å². The minimum atomic E-state index is 0.680. The molecule has 104 valence electrons. The van der Waals surface area contributed by atoms with Gasteiger partial charge in [0.2, 0.25) is 0 Å². The highest BCUT2D eigenvalue weighted by atomic mass is 15.3. The largest absolute Gasteiger partial charge is 0.353 e. The average Bonchev–Trinajstić information content (AvgIpc) is 2.90. The van der Waals surface area contributed by atoms with Gasteiger partial charge in [0.05, 0.1) is 0 Å². The molecular weight excluding hydrogens is 238 g/mol. The van der Waals surface area contributed by atoms with Crippen molar-refractivity contribution in [1.82, 2.24) is 9.97 Å². The lowest BCUT2D eigenvalue weighted by Crippen LogP contribution is -2.35. The van der Waals surface area contributed by atoms with Crippen molar-refractivity contribution in [3.05, 3.63) is 11.9 Å². The van der Waals surface area contributed by atoms with Crippen molar-refractivity contribution in [2.24, 2.45) is 11.8 Å². The van der Waals surface area contributed by atoms with Gasteiger partial charge in [-0.15, -0.1) is 0 Å². The van der Waals surface area contributed by atoms with Gasteiger partial charge in [-0.05, 0) is 25.2 Å². The molecule has 1 aliphatic heterocycles. The van der Waals surface area contributed by atoms with Gasteiger partial charge in [-0.2, -0.15) is 0 Å². The summed E-state index contributed by atoms with van der Waals surface area (Å²) in [6, 6.07) is 2.66. The van der Waals surface area contributed by atoms with Gasteiger partial charge in [-0.1, -0.05) is 19.8 Å². The molecule has 2 atom stereocenters. The minimum Gasteiger partial charge on any atom is -0.353 e. The van der Waals surface area contributed by atoms with Crippen LogP contribution in [0.4, 0.5) is 11.6 Å². The van der Waals surface area contributed by atoms with Gasteiger partial charge in [-0.3, -0.25) is 0 Å². The topological polar surface area (TPSA) is 67.1 Å². The highest BCUT2D eigenvalue weighted by Gasteiger charge is 2.36. The molecule has 0 radical (unpaired) electrons. The van der Waals surface area contributed by atoms with Crippen LogP contribution in [0.5, 0.6) is 0 Å². The van der Waals surface area contributed by atoms with Crippen molar-refractivity contribution >= 4 is 11.6 Å². The van der Waals surface area contributed by atoms with Crippen LogP contribution >= 0.6 is 0 Å². The van der Waals surface area contributed by atoms with E-state index in [0.717, 1.165) is 36.3 Å². The minimum absolute atomic E-state index is 0.680. The van der Waals surface area contributed by atoms with Crippen LogP contribution in [0.3, 0.4) is 0 Å². The Morgan fingerprint density at radius 2 is 2.16 bits per heavy atom. The van der Waals surface area contributed by atoms with E-state index in [0.29, 0.717) is 6.04 Å². The molecule has 2 fully saturated rings. The number of nitrogens with zero attached hydrogens (tertiary/aromatic N) is 3. The lowest BCUT2D eigenvalue weighted by Gasteiger charge is -2.32. The summed E-state index contributed by atoms with van der Waals surface area (Å²) in [5.41, 5.74) is 2.66. The van der Waals surface area contributed by atoms with E-state index in [4.69, 9.17) is 10.8 Å². The van der Waals surface area contributed by atoms with Gasteiger partial charge in [-0.25, -0.2) is 15.8 Å². The molecule has 2 heterocycles. The smallest absolute Gasteiger partial charge is 0.145 e. The van der Waals surface area contributed by atoms with Crippen molar-refractivity contribution in [1.29, 1.82) is 0 Å². The second-order valence-corrected chi connectivity index (χ2v) is 5.62. The Morgan fingerprint density at radius 1 is 1.32 bits per heavy atom. The Morgan fingerprint density at radius 3 is 2.95 bits per heavy atom. The second-order valence-electron chi connectivity index (χ2n) is 5.62. The fraction of sp³-hybridized carbons (Fsp3) is 0.714. The fourth-order valence-corrected chi connectivity index (χ4v) is 3.55. The fourth-order valence-electron chi connectivity index (χ4n) is 3.55. The third kappa shape index (κ3) is 2.39. The van der Waals surface area contributed by atoms with Crippen LogP contribution in [-0.4, -0.2) is 22.6 Å². The van der Waals surface area contributed by atoms with Crippen molar-refractivity contribution < 1.29 is 0 Å². The number of hydrogen-bond donors (Lipinski definition) is 2. The van der Waals surface area contributed by atoms with Gasteiger partial charge in [0.25, 0.3) is 0 Å². The van der Waals surface area contributed by atoms with E-state index in [9.17, 15) is 0 Å². The normalized spacial score (nSPS) is 26.3. The number of nitrogens with one attached hydrogen (secondary N) is 1. The van der Waals surface area contributed by atoms with E-state index in [2.05, 4.69) is 22.2 Å². The summed E-state index contributed by atoms with van der Waals surface area (Å²) in [7, 11) is 0. The molecule has 1 aliphatic carbocycles. The van der Waals surface area contributed by atoms with Crippen molar-refractivity contribution in [2.75, 3.05) is 16.9 Å². The number of nitrogen functional groups attached to an aromatic ring is 1. The van der Waals surface area contributed by atoms with E-state index >= 15 is 0 Å². The van der Waals surface area contributed by atoms with E-state index in [-0.39, 0.29) is 0 Å². The zero-order chi connectivity index (χ0) is 13.2. The molecule has 1 saturated carbocycles. The maximum absolute atomic E-state index is 5.51. The third-order valence-corrected chi connectivity index (χ3v) is 4.53. The predicted molar refractivity (Wildman–Crippen MR) is 76.9 cm³/mol. The average molecular weight is 261 g/mol. The van der Waals surface area contributed by atoms with E-state index in [1.165, 1.54) is 32.1 Å². The zero-order valence-electron chi connectivity index (χ0n) is 11.6. The summed E-state index contributed by atoms with van der Waals surface area (Å²) < 4.78 is 0. The molecular formula is C14H23N5. The van der Waals surface area contributed by atoms with Crippen LogP contribution in [0.15, 0.2) is 6.07 Å². The number of fused-ring (bicyclic) bond motifs is 1. The first-order valence-electron chi connectivity index (χ1n) is 7.43. The first-order chi connectivity index (χ1) is 9.31.